The van der Waals surface area contributed by atoms with E-state index in [1.165, 1.54) is 33.6 Å². The highest BCUT2D eigenvalue weighted by molar-refractivity contribution is 5.58. The van der Waals surface area contributed by atoms with Crippen molar-refractivity contribution in [2.45, 2.75) is 32.0 Å². The molecule has 0 bridgehead atoms. The summed E-state index contributed by atoms with van der Waals surface area (Å²) in [5.41, 5.74) is 7.86. The maximum absolute atomic E-state index is 6.19. The molecule has 1 fully saturated rings. The molecule has 4 aromatic carbocycles. The number of rotatable bonds is 6. The molecule has 6 rings (SSSR count). The van der Waals surface area contributed by atoms with E-state index >= 15 is 0 Å². The van der Waals surface area contributed by atoms with Crippen molar-refractivity contribution < 1.29 is 4.74 Å². The van der Waals surface area contributed by atoms with E-state index < -0.39 is 0 Å². The molecule has 2 aliphatic rings. The number of ether oxygens (including phenoxy) is 1. The van der Waals surface area contributed by atoms with Gasteiger partial charge < -0.3 is 19.4 Å². The molecule has 2 heterocycles. The molecular weight excluding hydrogens is 466 g/mol. The minimum Gasteiger partial charge on any atom is -0.489 e. The number of likely N-dealkylation sites (N-methyl/N-ethyl adjacent to an activating group) is 1. The van der Waals surface area contributed by atoms with Crippen molar-refractivity contribution in [2.24, 2.45) is 0 Å². The Morgan fingerprint density at radius 1 is 0.763 bits per heavy atom. The van der Waals surface area contributed by atoms with Crippen LogP contribution in [0.15, 0.2) is 103 Å². The van der Waals surface area contributed by atoms with Crippen molar-refractivity contribution in [3.8, 4) is 5.75 Å². The van der Waals surface area contributed by atoms with E-state index in [1.54, 1.807) is 0 Å². The van der Waals surface area contributed by atoms with E-state index in [1.807, 2.05) is 6.07 Å². The molecule has 2 aliphatic heterocycles. The van der Waals surface area contributed by atoms with Crippen LogP contribution in [-0.2, 0) is 13.0 Å². The number of nitrogens with zero attached hydrogens (tertiary/aromatic N) is 3. The molecule has 4 heteroatoms. The summed E-state index contributed by atoms with van der Waals surface area (Å²) < 4.78 is 6.19. The lowest BCUT2D eigenvalue weighted by Crippen LogP contribution is -2.50. The fourth-order valence-electron chi connectivity index (χ4n) is 5.84. The molecule has 0 aliphatic carbocycles. The normalized spacial score (nSPS) is 19.7. The third-order valence-electron chi connectivity index (χ3n) is 8.21. The van der Waals surface area contributed by atoms with Gasteiger partial charge in [-0.1, -0.05) is 66.7 Å². The molecule has 1 saturated heterocycles. The van der Waals surface area contributed by atoms with Crippen molar-refractivity contribution in [1.82, 2.24) is 4.90 Å². The van der Waals surface area contributed by atoms with Crippen LogP contribution in [0.1, 0.15) is 35.2 Å². The van der Waals surface area contributed by atoms with Gasteiger partial charge in [0.25, 0.3) is 0 Å². The summed E-state index contributed by atoms with van der Waals surface area (Å²) in [6.45, 7) is 7.13. The fraction of sp³-hybridized carbons (Fsp3) is 0.294. The molecule has 2 unspecified atom stereocenters. The maximum Gasteiger partial charge on any atom is 0.120 e. The van der Waals surface area contributed by atoms with Gasteiger partial charge in [0.2, 0.25) is 0 Å². The van der Waals surface area contributed by atoms with E-state index in [0.717, 1.165) is 38.3 Å². The number of anilines is 2. The van der Waals surface area contributed by atoms with Crippen LogP contribution in [0.4, 0.5) is 11.4 Å². The van der Waals surface area contributed by atoms with Crippen molar-refractivity contribution >= 4 is 11.4 Å². The van der Waals surface area contributed by atoms with Gasteiger partial charge in [0.05, 0.1) is 6.04 Å². The topological polar surface area (TPSA) is 19.0 Å². The zero-order chi connectivity index (χ0) is 25.9. The first-order valence-corrected chi connectivity index (χ1v) is 13.8. The third kappa shape index (κ3) is 5.14. The van der Waals surface area contributed by atoms with Gasteiger partial charge in [-0.2, -0.15) is 0 Å². The molecule has 4 aromatic rings. The zero-order valence-electron chi connectivity index (χ0n) is 22.5. The Bertz CT molecular complexity index is 1340. The van der Waals surface area contributed by atoms with Crippen LogP contribution in [0.2, 0.25) is 0 Å². The summed E-state index contributed by atoms with van der Waals surface area (Å²) in [5, 5.41) is 0. The first-order valence-electron chi connectivity index (χ1n) is 13.8. The molecule has 194 valence electrons. The first-order chi connectivity index (χ1) is 18.7. The zero-order valence-corrected chi connectivity index (χ0v) is 22.5. The Labute approximate surface area is 227 Å². The second-order valence-electron chi connectivity index (χ2n) is 10.7. The average Bonchev–Trinajstić information content (AvgIpc) is 2.98. The number of para-hydroxylation sites is 1. The fourth-order valence-corrected chi connectivity index (χ4v) is 5.84. The lowest BCUT2D eigenvalue weighted by Gasteiger charge is -2.40. The van der Waals surface area contributed by atoms with Gasteiger partial charge in [-0.3, -0.25) is 0 Å². The number of hydrogen-bond acceptors (Lipinski definition) is 4. The lowest BCUT2D eigenvalue weighted by atomic mass is 9.87. The number of fused-ring (bicyclic) bond motifs is 1. The molecule has 0 spiro atoms. The number of benzene rings is 4. The quantitative estimate of drug-likeness (QED) is 0.297. The van der Waals surface area contributed by atoms with Crippen molar-refractivity contribution in [3.05, 3.63) is 125 Å². The van der Waals surface area contributed by atoms with E-state index in [2.05, 4.69) is 126 Å². The Hall–Kier alpha value is -3.76. The molecule has 0 radical (unpaired) electrons. The van der Waals surface area contributed by atoms with Crippen LogP contribution < -0.4 is 14.5 Å². The van der Waals surface area contributed by atoms with Crippen LogP contribution >= 0.6 is 0 Å². The highest BCUT2D eigenvalue weighted by Gasteiger charge is 2.30. The molecule has 0 N–H and O–H groups in total. The third-order valence-corrected chi connectivity index (χ3v) is 8.21. The van der Waals surface area contributed by atoms with E-state index in [0.29, 0.717) is 12.6 Å². The van der Waals surface area contributed by atoms with E-state index in [4.69, 9.17) is 4.74 Å². The number of piperazine rings is 1. The van der Waals surface area contributed by atoms with Crippen LogP contribution in [0.25, 0.3) is 0 Å². The minimum absolute atomic E-state index is 0.171. The van der Waals surface area contributed by atoms with Crippen molar-refractivity contribution in [1.29, 1.82) is 0 Å². The van der Waals surface area contributed by atoms with E-state index in [-0.39, 0.29) is 6.04 Å². The Morgan fingerprint density at radius 3 is 2.24 bits per heavy atom. The second-order valence-corrected chi connectivity index (χ2v) is 10.7. The second kappa shape index (κ2) is 10.9. The summed E-state index contributed by atoms with van der Waals surface area (Å²) >= 11 is 0. The van der Waals surface area contributed by atoms with Crippen LogP contribution in [0.3, 0.4) is 0 Å². The predicted molar refractivity (Wildman–Crippen MR) is 157 cm³/mol. The molecule has 0 amide bonds. The van der Waals surface area contributed by atoms with Gasteiger partial charge >= 0.3 is 0 Å². The number of hydrogen-bond donors (Lipinski definition) is 0. The highest BCUT2D eigenvalue weighted by Crippen LogP contribution is 2.40. The molecule has 2 atom stereocenters. The smallest absolute Gasteiger partial charge is 0.120 e. The monoisotopic (exact) mass is 503 g/mol. The summed E-state index contributed by atoms with van der Waals surface area (Å²) in [6.07, 6.45) is 1.00. The standard InChI is InChI=1S/C34H37N3O/c1-26-24-36(22-21-35(26)2)30-15-13-28(14-16-30)34-33-18-17-32(38-25-27-9-5-3-6-10-27)23-29(33)19-20-37(34)31-11-7-4-8-12-31/h3-18,23,26,34H,19-22,24-25H2,1-2H3. The van der Waals surface area contributed by atoms with Gasteiger partial charge in [0.1, 0.15) is 12.4 Å². The predicted octanol–water partition coefficient (Wildman–Crippen LogP) is 6.56. The maximum atomic E-state index is 6.19. The largest absolute Gasteiger partial charge is 0.489 e. The SMILES string of the molecule is CC1CN(c2ccc(C3c4ccc(OCc5ccccc5)cc4CCN3c3ccccc3)cc2)CCN1C. The van der Waals surface area contributed by atoms with Gasteiger partial charge in [-0.15, -0.1) is 0 Å². The average molecular weight is 504 g/mol. The summed E-state index contributed by atoms with van der Waals surface area (Å²) in [6, 6.07) is 38.0. The molecule has 0 saturated carbocycles. The van der Waals surface area contributed by atoms with E-state index in [9.17, 15) is 0 Å². The molecule has 0 aromatic heterocycles. The Kier molecular flexibility index (Phi) is 7.06. The molecular formula is C34H37N3O. The van der Waals surface area contributed by atoms with Crippen molar-refractivity contribution in [3.63, 3.8) is 0 Å². The van der Waals surface area contributed by atoms with Crippen LogP contribution in [0, 0.1) is 0 Å². The molecule has 4 nitrogen and oxygen atoms in total. The Morgan fingerprint density at radius 2 is 1.50 bits per heavy atom. The summed E-state index contributed by atoms with van der Waals surface area (Å²) in [5.74, 6) is 0.944. The van der Waals surface area contributed by atoms with Gasteiger partial charge in [-0.05, 0) is 79.0 Å². The lowest BCUT2D eigenvalue weighted by molar-refractivity contribution is 0.234. The van der Waals surface area contributed by atoms with Gasteiger partial charge in [-0.25, -0.2) is 0 Å². The minimum atomic E-state index is 0.171. The summed E-state index contributed by atoms with van der Waals surface area (Å²) in [7, 11) is 2.22. The highest BCUT2D eigenvalue weighted by atomic mass is 16.5. The Balaban J connectivity index is 1.29. The van der Waals surface area contributed by atoms with Crippen LogP contribution in [-0.4, -0.2) is 44.2 Å². The van der Waals surface area contributed by atoms with Crippen molar-refractivity contribution in [2.75, 3.05) is 43.0 Å². The first kappa shape index (κ1) is 24.6. The molecule has 38 heavy (non-hydrogen) atoms. The summed E-state index contributed by atoms with van der Waals surface area (Å²) in [4.78, 5) is 7.52. The van der Waals surface area contributed by atoms with Gasteiger partial charge in [0, 0.05) is 43.6 Å². The van der Waals surface area contributed by atoms with Gasteiger partial charge in [0.15, 0.2) is 0 Å². The van der Waals surface area contributed by atoms with Crippen LogP contribution in [0.5, 0.6) is 5.75 Å².